The average Bonchev–Trinajstić information content (AvgIpc) is 2.90. The zero-order chi connectivity index (χ0) is 19.2. The standard InChI is InChI=1S/C20H27N5O2/c1-4-27-18(26)14-24-10-7-11-25(13-12-24)20-15(2)16(3)22-19(23-20)17-8-5-6-9-21-17/h5-6,8-9H,4,7,10-14H2,1-3H3. The van der Waals surface area contributed by atoms with E-state index >= 15 is 0 Å². The third kappa shape index (κ3) is 4.80. The van der Waals surface area contributed by atoms with Crippen molar-refractivity contribution in [2.75, 3.05) is 44.2 Å². The molecule has 7 heteroatoms. The largest absolute Gasteiger partial charge is 0.465 e. The minimum absolute atomic E-state index is 0.155. The first-order valence-corrected chi connectivity index (χ1v) is 9.48. The van der Waals surface area contributed by atoms with Gasteiger partial charge in [-0.1, -0.05) is 6.07 Å². The number of hydrogen-bond donors (Lipinski definition) is 0. The molecule has 2 aromatic heterocycles. The van der Waals surface area contributed by atoms with Gasteiger partial charge < -0.3 is 9.64 Å². The van der Waals surface area contributed by atoms with Crippen LogP contribution < -0.4 is 4.90 Å². The SMILES string of the molecule is CCOC(=O)CN1CCCN(c2nc(-c3ccccn3)nc(C)c2C)CC1. The van der Waals surface area contributed by atoms with Gasteiger partial charge in [0.05, 0.1) is 13.2 Å². The van der Waals surface area contributed by atoms with Crippen molar-refractivity contribution in [3.63, 3.8) is 0 Å². The van der Waals surface area contributed by atoms with Crippen LogP contribution in [0.25, 0.3) is 11.5 Å². The van der Waals surface area contributed by atoms with Crippen molar-refractivity contribution in [3.8, 4) is 11.5 Å². The van der Waals surface area contributed by atoms with E-state index in [1.54, 1.807) is 6.20 Å². The summed E-state index contributed by atoms with van der Waals surface area (Å²) < 4.78 is 5.07. The van der Waals surface area contributed by atoms with Gasteiger partial charge in [0.1, 0.15) is 11.5 Å². The van der Waals surface area contributed by atoms with E-state index < -0.39 is 0 Å². The van der Waals surface area contributed by atoms with Crippen molar-refractivity contribution in [1.29, 1.82) is 0 Å². The summed E-state index contributed by atoms with van der Waals surface area (Å²) in [6.07, 6.45) is 2.73. The van der Waals surface area contributed by atoms with Crippen molar-refractivity contribution < 1.29 is 9.53 Å². The minimum Gasteiger partial charge on any atom is -0.465 e. The highest BCUT2D eigenvalue weighted by atomic mass is 16.5. The lowest BCUT2D eigenvalue weighted by atomic mass is 10.2. The summed E-state index contributed by atoms with van der Waals surface area (Å²) in [7, 11) is 0. The van der Waals surface area contributed by atoms with Crippen LogP contribution in [0.2, 0.25) is 0 Å². The predicted octanol–water partition coefficient (Wildman–Crippen LogP) is 2.23. The summed E-state index contributed by atoms with van der Waals surface area (Å²) in [5.41, 5.74) is 2.84. The summed E-state index contributed by atoms with van der Waals surface area (Å²) >= 11 is 0. The fourth-order valence-electron chi connectivity index (χ4n) is 3.26. The Balaban J connectivity index is 1.78. The molecule has 1 saturated heterocycles. The maximum Gasteiger partial charge on any atom is 0.320 e. The number of ether oxygens (including phenoxy) is 1. The Morgan fingerprint density at radius 3 is 2.74 bits per heavy atom. The molecule has 0 radical (unpaired) electrons. The maximum atomic E-state index is 11.8. The Bertz CT molecular complexity index is 781. The smallest absolute Gasteiger partial charge is 0.320 e. The quantitative estimate of drug-likeness (QED) is 0.749. The zero-order valence-corrected chi connectivity index (χ0v) is 16.3. The fourth-order valence-corrected chi connectivity index (χ4v) is 3.26. The van der Waals surface area contributed by atoms with Crippen molar-refractivity contribution >= 4 is 11.8 Å². The van der Waals surface area contributed by atoms with E-state index in [0.29, 0.717) is 19.0 Å². The predicted molar refractivity (Wildman–Crippen MR) is 105 cm³/mol. The van der Waals surface area contributed by atoms with Gasteiger partial charge in [0.15, 0.2) is 5.82 Å². The Labute approximate surface area is 160 Å². The Morgan fingerprint density at radius 1 is 1.15 bits per heavy atom. The van der Waals surface area contributed by atoms with Crippen LogP contribution in [0.15, 0.2) is 24.4 Å². The van der Waals surface area contributed by atoms with Gasteiger partial charge in [0, 0.05) is 43.6 Å². The molecule has 3 heterocycles. The second kappa shape index (κ2) is 8.90. The van der Waals surface area contributed by atoms with Gasteiger partial charge in [0.25, 0.3) is 0 Å². The zero-order valence-electron chi connectivity index (χ0n) is 16.3. The Morgan fingerprint density at radius 2 is 2.00 bits per heavy atom. The van der Waals surface area contributed by atoms with Crippen LogP contribution in [0, 0.1) is 13.8 Å². The summed E-state index contributed by atoms with van der Waals surface area (Å²) in [5, 5.41) is 0. The van der Waals surface area contributed by atoms with Crippen LogP contribution in [-0.2, 0) is 9.53 Å². The maximum absolute atomic E-state index is 11.8. The number of carbonyl (C=O) groups excluding carboxylic acids is 1. The number of hydrogen-bond acceptors (Lipinski definition) is 7. The van der Waals surface area contributed by atoms with Gasteiger partial charge in [-0.25, -0.2) is 9.97 Å². The van der Waals surface area contributed by atoms with Gasteiger partial charge in [0.2, 0.25) is 0 Å². The molecule has 7 nitrogen and oxygen atoms in total. The van der Waals surface area contributed by atoms with Crippen molar-refractivity contribution in [2.45, 2.75) is 27.2 Å². The van der Waals surface area contributed by atoms with E-state index in [1.807, 2.05) is 32.0 Å². The highest BCUT2D eigenvalue weighted by Crippen LogP contribution is 2.24. The molecule has 0 aliphatic carbocycles. The molecule has 144 valence electrons. The van der Waals surface area contributed by atoms with E-state index in [2.05, 4.69) is 26.7 Å². The van der Waals surface area contributed by atoms with Crippen LogP contribution in [0.5, 0.6) is 0 Å². The number of pyridine rings is 1. The third-order valence-electron chi connectivity index (χ3n) is 4.80. The molecule has 27 heavy (non-hydrogen) atoms. The number of aromatic nitrogens is 3. The van der Waals surface area contributed by atoms with E-state index in [-0.39, 0.29) is 5.97 Å². The van der Waals surface area contributed by atoms with E-state index in [1.165, 1.54) is 0 Å². The van der Waals surface area contributed by atoms with E-state index in [0.717, 1.165) is 55.4 Å². The molecule has 0 amide bonds. The number of nitrogens with zero attached hydrogens (tertiary/aromatic N) is 5. The number of esters is 1. The first kappa shape index (κ1) is 19.2. The molecular weight excluding hydrogens is 342 g/mol. The van der Waals surface area contributed by atoms with Crippen LogP contribution >= 0.6 is 0 Å². The molecule has 1 aliphatic heterocycles. The van der Waals surface area contributed by atoms with Crippen LogP contribution in [0.4, 0.5) is 5.82 Å². The Hall–Kier alpha value is -2.54. The molecule has 1 aliphatic rings. The molecule has 1 fully saturated rings. The molecular formula is C20H27N5O2. The van der Waals surface area contributed by atoms with Crippen molar-refractivity contribution in [2.24, 2.45) is 0 Å². The number of carbonyl (C=O) groups is 1. The molecule has 0 spiro atoms. The van der Waals surface area contributed by atoms with Crippen molar-refractivity contribution in [3.05, 3.63) is 35.7 Å². The van der Waals surface area contributed by atoms with Gasteiger partial charge in [-0.2, -0.15) is 0 Å². The number of anilines is 1. The summed E-state index contributed by atoms with van der Waals surface area (Å²) in [4.78, 5) is 30.1. The molecule has 2 aromatic rings. The first-order chi connectivity index (χ1) is 13.1. The van der Waals surface area contributed by atoms with Crippen LogP contribution in [0.1, 0.15) is 24.6 Å². The van der Waals surface area contributed by atoms with Crippen molar-refractivity contribution in [1.82, 2.24) is 19.9 Å². The Kier molecular flexibility index (Phi) is 6.34. The molecule has 0 atom stereocenters. The second-order valence-corrected chi connectivity index (χ2v) is 6.72. The monoisotopic (exact) mass is 369 g/mol. The van der Waals surface area contributed by atoms with Gasteiger partial charge >= 0.3 is 5.97 Å². The van der Waals surface area contributed by atoms with Gasteiger partial charge in [-0.05, 0) is 39.3 Å². The summed E-state index contributed by atoms with van der Waals surface area (Å²) in [6.45, 7) is 10.1. The number of aryl methyl sites for hydroxylation is 1. The van der Waals surface area contributed by atoms with Gasteiger partial charge in [-0.3, -0.25) is 14.7 Å². The molecule has 0 saturated carbocycles. The van der Waals surface area contributed by atoms with Gasteiger partial charge in [-0.15, -0.1) is 0 Å². The highest BCUT2D eigenvalue weighted by Gasteiger charge is 2.21. The second-order valence-electron chi connectivity index (χ2n) is 6.72. The van der Waals surface area contributed by atoms with E-state index in [9.17, 15) is 4.79 Å². The molecule has 0 bridgehead atoms. The fraction of sp³-hybridized carbons (Fsp3) is 0.500. The first-order valence-electron chi connectivity index (χ1n) is 9.48. The topological polar surface area (TPSA) is 71.5 Å². The lowest BCUT2D eigenvalue weighted by Gasteiger charge is -2.25. The van der Waals surface area contributed by atoms with Crippen LogP contribution in [-0.4, -0.2) is 65.2 Å². The minimum atomic E-state index is -0.155. The third-order valence-corrected chi connectivity index (χ3v) is 4.80. The van der Waals surface area contributed by atoms with Crippen LogP contribution in [0.3, 0.4) is 0 Å². The molecule has 0 aromatic carbocycles. The lowest BCUT2D eigenvalue weighted by Crippen LogP contribution is -2.35. The summed E-state index contributed by atoms with van der Waals surface area (Å²) in [6, 6.07) is 5.76. The van der Waals surface area contributed by atoms with E-state index in [4.69, 9.17) is 9.72 Å². The summed E-state index contributed by atoms with van der Waals surface area (Å²) in [5.74, 6) is 1.46. The lowest BCUT2D eigenvalue weighted by molar-refractivity contribution is -0.144. The number of rotatable bonds is 5. The molecule has 0 N–H and O–H groups in total. The average molecular weight is 369 g/mol. The highest BCUT2D eigenvalue weighted by molar-refractivity contribution is 5.71. The molecule has 3 rings (SSSR count). The molecule has 0 unspecified atom stereocenters. The normalized spacial score (nSPS) is 15.4.